The van der Waals surface area contributed by atoms with Crippen LogP contribution in [0.25, 0.3) is 6.08 Å². The predicted molar refractivity (Wildman–Crippen MR) is 95.9 cm³/mol. The van der Waals surface area contributed by atoms with E-state index in [2.05, 4.69) is 10.2 Å². The van der Waals surface area contributed by atoms with Gasteiger partial charge in [0.05, 0.1) is 11.0 Å². The lowest BCUT2D eigenvalue weighted by Gasteiger charge is -2.23. The molecule has 0 fully saturated rings. The molecule has 1 unspecified atom stereocenters. The number of rotatable bonds is 7. The molecule has 1 heterocycles. The lowest BCUT2D eigenvalue weighted by Crippen LogP contribution is -2.33. The molecule has 1 N–H and O–H groups in total. The van der Waals surface area contributed by atoms with Crippen molar-refractivity contribution in [2.24, 2.45) is 0 Å². The third-order valence-electron chi connectivity index (χ3n) is 3.50. The normalized spacial score (nSPS) is 12.5. The fraction of sp³-hybridized carbons (Fsp3) is 0.235. The third kappa shape index (κ3) is 5.00. The fourth-order valence-corrected chi connectivity index (χ4v) is 3.08. The summed E-state index contributed by atoms with van der Waals surface area (Å²) in [5, 5.41) is 15.5. The summed E-state index contributed by atoms with van der Waals surface area (Å²) < 4.78 is 0. The Kier molecular flexibility index (Phi) is 6.22. The van der Waals surface area contributed by atoms with Gasteiger partial charge in [-0.2, -0.15) is 0 Å². The molecular weight excluding hydrogens is 326 g/mol. The van der Waals surface area contributed by atoms with Crippen molar-refractivity contribution in [3.63, 3.8) is 0 Å². The smallest absolute Gasteiger partial charge is 0.269 e. The average molecular weight is 345 g/mol. The van der Waals surface area contributed by atoms with Gasteiger partial charge in [0.1, 0.15) is 0 Å². The molecule has 0 saturated heterocycles. The highest BCUT2D eigenvalue weighted by Crippen LogP contribution is 2.22. The van der Waals surface area contributed by atoms with Crippen molar-refractivity contribution in [1.82, 2.24) is 10.2 Å². The Labute approximate surface area is 144 Å². The van der Waals surface area contributed by atoms with Crippen molar-refractivity contribution < 1.29 is 9.72 Å². The van der Waals surface area contributed by atoms with Gasteiger partial charge in [0, 0.05) is 29.6 Å². The number of nitro groups is 1. The van der Waals surface area contributed by atoms with Crippen molar-refractivity contribution in [2.45, 2.75) is 6.04 Å². The van der Waals surface area contributed by atoms with Gasteiger partial charge in [0.25, 0.3) is 5.69 Å². The van der Waals surface area contributed by atoms with Crippen molar-refractivity contribution >= 4 is 29.0 Å². The van der Waals surface area contributed by atoms with Crippen molar-refractivity contribution in [3.05, 3.63) is 68.4 Å². The molecule has 1 aromatic carbocycles. The predicted octanol–water partition coefficient (Wildman–Crippen LogP) is 3.09. The van der Waals surface area contributed by atoms with E-state index in [0.717, 1.165) is 5.56 Å². The number of nitrogens with one attached hydrogen (secondary N) is 1. The van der Waals surface area contributed by atoms with Gasteiger partial charge in [-0.3, -0.25) is 14.9 Å². The van der Waals surface area contributed by atoms with E-state index < -0.39 is 4.92 Å². The maximum Gasteiger partial charge on any atom is 0.269 e. The van der Waals surface area contributed by atoms with Gasteiger partial charge in [0.15, 0.2) is 0 Å². The van der Waals surface area contributed by atoms with Gasteiger partial charge in [-0.15, -0.1) is 11.3 Å². The number of hydrogen-bond donors (Lipinski definition) is 1. The van der Waals surface area contributed by atoms with Crippen LogP contribution in [-0.4, -0.2) is 36.4 Å². The zero-order chi connectivity index (χ0) is 17.5. The number of nitro benzene ring substituents is 1. The molecule has 0 aliphatic heterocycles. The van der Waals surface area contributed by atoms with E-state index in [9.17, 15) is 14.9 Å². The average Bonchev–Trinajstić information content (AvgIpc) is 3.07. The molecule has 126 valence electrons. The molecule has 0 bridgehead atoms. The molecule has 1 aromatic heterocycles. The van der Waals surface area contributed by atoms with Crippen LogP contribution in [0.1, 0.15) is 16.5 Å². The SMILES string of the molecule is CN(C)C(CNC(=O)/C=C/c1ccc([N+](=O)[O-])cc1)c1cccs1. The van der Waals surface area contributed by atoms with Gasteiger partial charge in [-0.05, 0) is 49.3 Å². The zero-order valence-corrected chi connectivity index (χ0v) is 14.3. The second-order valence-electron chi connectivity index (χ2n) is 5.42. The summed E-state index contributed by atoms with van der Waals surface area (Å²) in [5.74, 6) is -0.197. The summed E-state index contributed by atoms with van der Waals surface area (Å²) >= 11 is 1.66. The topological polar surface area (TPSA) is 75.5 Å². The zero-order valence-electron chi connectivity index (χ0n) is 13.5. The quantitative estimate of drug-likeness (QED) is 0.475. The van der Waals surface area contributed by atoms with Gasteiger partial charge in [-0.25, -0.2) is 0 Å². The summed E-state index contributed by atoms with van der Waals surface area (Å²) in [5.41, 5.74) is 0.763. The Morgan fingerprint density at radius 3 is 2.58 bits per heavy atom. The van der Waals surface area contributed by atoms with Gasteiger partial charge in [-0.1, -0.05) is 6.07 Å². The highest BCUT2D eigenvalue weighted by atomic mass is 32.1. The first-order valence-corrected chi connectivity index (χ1v) is 8.25. The van der Waals surface area contributed by atoms with E-state index in [1.165, 1.54) is 23.1 Å². The molecule has 6 nitrogen and oxygen atoms in total. The third-order valence-corrected chi connectivity index (χ3v) is 4.47. The highest BCUT2D eigenvalue weighted by Gasteiger charge is 2.15. The number of amides is 1. The molecule has 7 heteroatoms. The number of nitrogens with zero attached hydrogens (tertiary/aromatic N) is 2. The van der Waals surface area contributed by atoms with E-state index in [0.29, 0.717) is 6.54 Å². The maximum absolute atomic E-state index is 12.0. The molecule has 1 atom stereocenters. The first kappa shape index (κ1) is 17.8. The van der Waals surface area contributed by atoms with Gasteiger partial charge >= 0.3 is 0 Å². The number of carbonyl (C=O) groups excluding carboxylic acids is 1. The Bertz CT molecular complexity index is 709. The van der Waals surface area contributed by atoms with Crippen LogP contribution in [0.5, 0.6) is 0 Å². The van der Waals surface area contributed by atoms with E-state index in [1.807, 2.05) is 31.6 Å². The molecule has 0 radical (unpaired) electrons. The van der Waals surface area contributed by atoms with Crippen molar-refractivity contribution in [3.8, 4) is 0 Å². The summed E-state index contributed by atoms with van der Waals surface area (Å²) in [4.78, 5) is 25.4. The van der Waals surface area contributed by atoms with Crippen LogP contribution in [0.15, 0.2) is 47.9 Å². The number of thiophene rings is 1. The van der Waals surface area contributed by atoms with Crippen LogP contribution in [-0.2, 0) is 4.79 Å². The molecule has 2 rings (SSSR count). The molecule has 1 amide bonds. The number of hydrogen-bond acceptors (Lipinski definition) is 5. The van der Waals surface area contributed by atoms with Crippen LogP contribution in [0.2, 0.25) is 0 Å². The second-order valence-corrected chi connectivity index (χ2v) is 6.40. The number of likely N-dealkylation sites (N-methyl/N-ethyl adjacent to an activating group) is 1. The Balaban J connectivity index is 1.91. The molecular formula is C17H19N3O3S. The largest absolute Gasteiger partial charge is 0.351 e. The summed E-state index contributed by atoms with van der Waals surface area (Å²) in [6, 6.07) is 10.2. The van der Waals surface area contributed by atoms with Crippen molar-refractivity contribution in [2.75, 3.05) is 20.6 Å². The lowest BCUT2D eigenvalue weighted by atomic mass is 10.2. The monoisotopic (exact) mass is 345 g/mol. The van der Waals surface area contributed by atoms with Gasteiger partial charge in [0.2, 0.25) is 5.91 Å². The van der Waals surface area contributed by atoms with E-state index >= 15 is 0 Å². The first-order valence-electron chi connectivity index (χ1n) is 7.37. The number of non-ortho nitro benzene ring substituents is 1. The highest BCUT2D eigenvalue weighted by molar-refractivity contribution is 7.10. The van der Waals surface area contributed by atoms with Gasteiger partial charge < -0.3 is 10.2 Å². The van der Waals surface area contributed by atoms with E-state index in [4.69, 9.17) is 0 Å². The van der Waals surface area contributed by atoms with Crippen LogP contribution < -0.4 is 5.32 Å². The Morgan fingerprint density at radius 2 is 2.04 bits per heavy atom. The second kappa shape index (κ2) is 8.37. The summed E-state index contributed by atoms with van der Waals surface area (Å²) in [6.45, 7) is 0.511. The van der Waals surface area contributed by atoms with Crippen molar-refractivity contribution in [1.29, 1.82) is 0 Å². The molecule has 0 aliphatic carbocycles. The molecule has 0 aliphatic rings. The molecule has 24 heavy (non-hydrogen) atoms. The molecule has 2 aromatic rings. The first-order chi connectivity index (χ1) is 11.5. The minimum Gasteiger partial charge on any atom is -0.351 e. The minimum atomic E-state index is -0.452. The van der Waals surface area contributed by atoms with Crippen LogP contribution in [0.3, 0.4) is 0 Å². The van der Waals surface area contributed by atoms with Crippen LogP contribution in [0, 0.1) is 10.1 Å². The minimum absolute atomic E-state index is 0.0291. The fourth-order valence-electron chi connectivity index (χ4n) is 2.15. The summed E-state index contributed by atoms with van der Waals surface area (Å²) in [6.07, 6.45) is 3.07. The Hall–Kier alpha value is -2.51. The number of benzene rings is 1. The molecule has 0 spiro atoms. The van der Waals surface area contributed by atoms with E-state index in [1.54, 1.807) is 29.5 Å². The summed E-state index contributed by atoms with van der Waals surface area (Å²) in [7, 11) is 3.95. The Morgan fingerprint density at radius 1 is 1.33 bits per heavy atom. The molecule has 0 saturated carbocycles. The maximum atomic E-state index is 12.0. The lowest BCUT2D eigenvalue weighted by molar-refractivity contribution is -0.384. The standard InChI is InChI=1S/C17H19N3O3S/c1-19(2)15(16-4-3-11-24-16)12-18-17(21)10-7-13-5-8-14(9-6-13)20(22)23/h3-11,15H,12H2,1-2H3,(H,18,21)/b10-7+. The van der Waals surface area contributed by atoms with E-state index in [-0.39, 0.29) is 17.6 Å². The van der Waals surface area contributed by atoms with Crippen LogP contribution >= 0.6 is 11.3 Å². The van der Waals surface area contributed by atoms with Crippen LogP contribution in [0.4, 0.5) is 5.69 Å². The number of carbonyl (C=O) groups is 1.